The molecule has 5 heteroatoms. The van der Waals surface area contributed by atoms with Crippen molar-refractivity contribution in [1.82, 2.24) is 0 Å². The molecule has 0 fully saturated rings. The van der Waals surface area contributed by atoms with Gasteiger partial charge in [0.15, 0.2) is 6.29 Å². The Morgan fingerprint density at radius 3 is 2.29 bits per heavy atom. The van der Waals surface area contributed by atoms with Gasteiger partial charge in [-0.05, 0) is 13.8 Å². The molecule has 0 saturated carbocycles. The molecule has 5 nitrogen and oxygen atoms in total. The first kappa shape index (κ1) is 13.3. The molecule has 0 aromatic carbocycles. The highest BCUT2D eigenvalue weighted by Crippen LogP contribution is 1.94. The van der Waals surface area contributed by atoms with Crippen LogP contribution >= 0.6 is 0 Å². The lowest BCUT2D eigenvalue weighted by molar-refractivity contribution is -0.128. The first-order valence-electron chi connectivity index (χ1n) is 4.65. The number of rotatable bonds is 8. The first-order chi connectivity index (χ1) is 6.85. The lowest BCUT2D eigenvalue weighted by Gasteiger charge is -2.13. The van der Waals surface area contributed by atoms with Crippen molar-refractivity contribution >= 4 is 6.01 Å². The Kier molecular flexibility index (Phi) is 9.79. The molecule has 0 aromatic rings. The van der Waals surface area contributed by atoms with E-state index in [4.69, 9.17) is 14.2 Å². The zero-order chi connectivity index (χ0) is 10.6. The molecular weight excluding hydrogens is 184 g/mol. The van der Waals surface area contributed by atoms with Crippen LogP contribution in [0.15, 0.2) is 9.98 Å². The van der Waals surface area contributed by atoms with Gasteiger partial charge in [-0.15, -0.1) is 0 Å². The molecule has 0 spiro atoms. The summed E-state index contributed by atoms with van der Waals surface area (Å²) in [6, 6.07) is 2.50. The minimum Gasteiger partial charge on any atom is -0.362 e. The number of aliphatic imine (C=N–C) groups is 2. The quantitative estimate of drug-likeness (QED) is 0.438. The van der Waals surface area contributed by atoms with Crippen molar-refractivity contribution in [1.29, 1.82) is 0 Å². The van der Waals surface area contributed by atoms with E-state index in [1.165, 1.54) is 0 Å². The Balaban J connectivity index is 3.73. The van der Waals surface area contributed by atoms with Crippen molar-refractivity contribution in [3.63, 3.8) is 0 Å². The average molecular weight is 202 g/mol. The standard InChI is InChI=1S/C9H18N2O3/c1-4-13-9(14-5-2)6-10-7-11-8-12-3/h9H,4-6,8H2,1-3H3. The van der Waals surface area contributed by atoms with Crippen LogP contribution in [0.5, 0.6) is 0 Å². The number of hydrogen-bond donors (Lipinski definition) is 0. The van der Waals surface area contributed by atoms with Crippen molar-refractivity contribution in [2.45, 2.75) is 20.1 Å². The van der Waals surface area contributed by atoms with E-state index in [0.717, 1.165) is 0 Å². The maximum atomic E-state index is 5.26. The van der Waals surface area contributed by atoms with Crippen molar-refractivity contribution in [3.8, 4) is 0 Å². The third-order valence-electron chi connectivity index (χ3n) is 1.28. The summed E-state index contributed by atoms with van der Waals surface area (Å²) < 4.78 is 15.2. The minimum absolute atomic E-state index is 0.275. The van der Waals surface area contributed by atoms with Crippen LogP contribution < -0.4 is 0 Å². The molecule has 0 unspecified atom stereocenters. The molecule has 0 saturated heterocycles. The third-order valence-corrected chi connectivity index (χ3v) is 1.28. The van der Waals surface area contributed by atoms with Crippen molar-refractivity contribution in [2.24, 2.45) is 9.98 Å². The summed E-state index contributed by atoms with van der Waals surface area (Å²) in [5, 5.41) is 0. The zero-order valence-electron chi connectivity index (χ0n) is 9.02. The molecule has 0 bridgehead atoms. The molecule has 0 aromatic heterocycles. The Bertz CT molecular complexity index is 173. The minimum atomic E-state index is -0.296. The van der Waals surface area contributed by atoms with E-state index in [1.807, 2.05) is 13.8 Å². The Morgan fingerprint density at radius 1 is 1.14 bits per heavy atom. The normalized spacial score (nSPS) is 10.0. The second kappa shape index (κ2) is 10.3. The predicted octanol–water partition coefficient (Wildman–Crippen LogP) is 1.16. The van der Waals surface area contributed by atoms with Gasteiger partial charge in [0, 0.05) is 20.3 Å². The predicted molar refractivity (Wildman–Crippen MR) is 53.6 cm³/mol. The molecule has 82 valence electrons. The second-order valence-corrected chi connectivity index (χ2v) is 2.36. The van der Waals surface area contributed by atoms with E-state index >= 15 is 0 Å². The van der Waals surface area contributed by atoms with Gasteiger partial charge in [-0.25, -0.2) is 4.99 Å². The molecule has 0 aliphatic carbocycles. The number of ether oxygens (including phenoxy) is 3. The van der Waals surface area contributed by atoms with E-state index in [-0.39, 0.29) is 13.0 Å². The first-order valence-corrected chi connectivity index (χ1v) is 4.65. The average Bonchev–Trinajstić information content (AvgIpc) is 2.18. The smallest absolute Gasteiger partial charge is 0.177 e. The lowest BCUT2D eigenvalue weighted by Crippen LogP contribution is -2.20. The van der Waals surface area contributed by atoms with E-state index in [2.05, 4.69) is 16.0 Å². The summed E-state index contributed by atoms with van der Waals surface area (Å²) >= 11 is 0. The van der Waals surface area contributed by atoms with Gasteiger partial charge >= 0.3 is 0 Å². The molecule has 0 N–H and O–H groups in total. The van der Waals surface area contributed by atoms with Gasteiger partial charge in [-0.2, -0.15) is 4.99 Å². The molecule has 0 aliphatic heterocycles. The maximum absolute atomic E-state index is 5.26. The van der Waals surface area contributed by atoms with E-state index in [9.17, 15) is 0 Å². The van der Waals surface area contributed by atoms with Crippen LogP contribution in [0.4, 0.5) is 0 Å². The highest BCUT2D eigenvalue weighted by atomic mass is 16.7. The molecule has 0 rings (SSSR count). The Hall–Kier alpha value is -0.740. The number of nitrogens with zero attached hydrogens (tertiary/aromatic N) is 2. The zero-order valence-corrected chi connectivity index (χ0v) is 9.02. The van der Waals surface area contributed by atoms with Gasteiger partial charge in [0.25, 0.3) is 0 Å². The molecule has 0 radical (unpaired) electrons. The summed E-state index contributed by atoms with van der Waals surface area (Å²) in [6.45, 7) is 5.72. The second-order valence-electron chi connectivity index (χ2n) is 2.36. The third kappa shape index (κ3) is 7.89. The van der Waals surface area contributed by atoms with Crippen LogP contribution in [0, 0.1) is 0 Å². The van der Waals surface area contributed by atoms with Crippen molar-refractivity contribution < 1.29 is 14.2 Å². The largest absolute Gasteiger partial charge is 0.362 e. The summed E-state index contributed by atoms with van der Waals surface area (Å²) in [6.07, 6.45) is -0.296. The highest BCUT2D eigenvalue weighted by Gasteiger charge is 2.04. The van der Waals surface area contributed by atoms with Crippen LogP contribution in [0.25, 0.3) is 0 Å². The fourth-order valence-corrected chi connectivity index (χ4v) is 0.784. The van der Waals surface area contributed by atoms with Crippen LogP contribution in [0.3, 0.4) is 0 Å². The van der Waals surface area contributed by atoms with Crippen LogP contribution in [0.2, 0.25) is 0 Å². The maximum Gasteiger partial charge on any atom is 0.177 e. The van der Waals surface area contributed by atoms with Crippen LogP contribution in [0.1, 0.15) is 13.8 Å². The molecule has 0 atom stereocenters. The van der Waals surface area contributed by atoms with Gasteiger partial charge < -0.3 is 14.2 Å². The van der Waals surface area contributed by atoms with Crippen LogP contribution in [-0.2, 0) is 14.2 Å². The summed E-state index contributed by atoms with van der Waals surface area (Å²) in [7, 11) is 1.56. The van der Waals surface area contributed by atoms with Gasteiger partial charge in [0.05, 0.1) is 6.01 Å². The highest BCUT2D eigenvalue weighted by molar-refractivity contribution is 5.40. The van der Waals surface area contributed by atoms with Crippen LogP contribution in [-0.4, -0.2) is 45.9 Å². The van der Waals surface area contributed by atoms with Gasteiger partial charge in [0.1, 0.15) is 13.3 Å². The summed E-state index contributed by atoms with van der Waals surface area (Å²) in [4.78, 5) is 7.63. The van der Waals surface area contributed by atoms with Gasteiger partial charge in [0.2, 0.25) is 0 Å². The van der Waals surface area contributed by atoms with Crippen molar-refractivity contribution in [2.75, 3.05) is 33.6 Å². The molecule has 14 heavy (non-hydrogen) atoms. The fourth-order valence-electron chi connectivity index (χ4n) is 0.784. The Morgan fingerprint density at radius 2 is 1.79 bits per heavy atom. The van der Waals surface area contributed by atoms with Crippen molar-refractivity contribution in [3.05, 3.63) is 0 Å². The Labute approximate surface area is 84.8 Å². The topological polar surface area (TPSA) is 52.4 Å². The summed E-state index contributed by atoms with van der Waals surface area (Å²) in [5.41, 5.74) is 0. The molecule has 0 aliphatic rings. The van der Waals surface area contributed by atoms with E-state index in [0.29, 0.717) is 19.8 Å². The number of methoxy groups -OCH3 is 1. The number of hydrogen-bond acceptors (Lipinski definition) is 5. The molecule has 0 amide bonds. The van der Waals surface area contributed by atoms with Gasteiger partial charge in [-0.1, -0.05) is 0 Å². The lowest BCUT2D eigenvalue weighted by atomic mass is 10.6. The SMILES string of the molecule is CCOC(CN=C=NCOC)OCC. The molecular formula is C9H18N2O3. The van der Waals surface area contributed by atoms with E-state index in [1.54, 1.807) is 7.11 Å². The molecule has 0 heterocycles. The summed E-state index contributed by atoms with van der Waals surface area (Å²) in [5.74, 6) is 0. The van der Waals surface area contributed by atoms with Gasteiger partial charge in [-0.3, -0.25) is 0 Å². The fraction of sp³-hybridized carbons (Fsp3) is 0.889. The van der Waals surface area contributed by atoms with E-state index < -0.39 is 0 Å². The monoisotopic (exact) mass is 202 g/mol.